The molecule has 0 aromatic rings. The number of likely N-dealkylation sites (N-methyl/N-ethyl adjacent to an activating group) is 1. The van der Waals surface area contributed by atoms with E-state index in [4.69, 9.17) is 5.11 Å². The molecule has 2 unspecified atom stereocenters. The van der Waals surface area contributed by atoms with E-state index in [0.29, 0.717) is 17.4 Å². The van der Waals surface area contributed by atoms with Crippen molar-refractivity contribution in [1.82, 2.24) is 0 Å². The molecule has 0 heterocycles. The molecular formula is C21H42NO4+. The summed E-state index contributed by atoms with van der Waals surface area (Å²) >= 11 is 0. The van der Waals surface area contributed by atoms with Crippen molar-refractivity contribution >= 4 is 5.97 Å². The molecule has 0 saturated carbocycles. The summed E-state index contributed by atoms with van der Waals surface area (Å²) in [4.78, 5) is 11.4. The SMILES string of the molecule is C[N+](C)(C)CC(O)C(CCCCCCCC/C=C\CCCCO)C(=O)O. The third-order valence-corrected chi connectivity index (χ3v) is 4.60. The molecule has 5 heteroatoms. The molecule has 0 aliphatic carbocycles. The van der Waals surface area contributed by atoms with Crippen LogP contribution in [-0.4, -0.2) is 66.2 Å². The average Bonchev–Trinajstić information content (AvgIpc) is 2.53. The number of quaternary nitrogens is 1. The van der Waals surface area contributed by atoms with Gasteiger partial charge in [-0.3, -0.25) is 4.79 Å². The van der Waals surface area contributed by atoms with E-state index in [2.05, 4.69) is 12.2 Å². The molecule has 5 nitrogen and oxygen atoms in total. The Labute approximate surface area is 160 Å². The number of hydrogen-bond acceptors (Lipinski definition) is 3. The highest BCUT2D eigenvalue weighted by molar-refractivity contribution is 5.70. The van der Waals surface area contributed by atoms with Crippen LogP contribution in [0.15, 0.2) is 12.2 Å². The standard InChI is InChI=1S/C21H41NO4/c1-22(2,3)18-20(24)19(21(25)26)16-14-12-10-8-6-4-5-7-9-11-13-15-17-23/h7,9,19-20,23-24H,4-6,8,10-18H2,1-3H3/p+1/b9-7-. The lowest BCUT2D eigenvalue weighted by molar-refractivity contribution is -0.874. The smallest absolute Gasteiger partial charge is 0.309 e. The molecule has 0 saturated heterocycles. The predicted molar refractivity (Wildman–Crippen MR) is 107 cm³/mol. The number of hydrogen-bond donors (Lipinski definition) is 3. The third-order valence-electron chi connectivity index (χ3n) is 4.60. The van der Waals surface area contributed by atoms with Gasteiger partial charge in [0.05, 0.1) is 27.1 Å². The monoisotopic (exact) mass is 372 g/mol. The number of carbonyl (C=O) groups is 1. The zero-order valence-electron chi connectivity index (χ0n) is 17.2. The van der Waals surface area contributed by atoms with Gasteiger partial charge >= 0.3 is 5.97 Å². The Hall–Kier alpha value is -0.910. The maximum Gasteiger partial charge on any atom is 0.309 e. The van der Waals surface area contributed by atoms with Crippen molar-refractivity contribution in [3.63, 3.8) is 0 Å². The summed E-state index contributed by atoms with van der Waals surface area (Å²) in [5.74, 6) is -1.53. The molecule has 0 aliphatic rings. The molecule has 3 N–H and O–H groups in total. The Balaban J connectivity index is 3.69. The number of allylic oxidation sites excluding steroid dienone is 2. The fraction of sp³-hybridized carbons (Fsp3) is 0.857. The van der Waals surface area contributed by atoms with Crippen molar-refractivity contribution in [2.24, 2.45) is 5.92 Å². The Morgan fingerprint density at radius 2 is 1.38 bits per heavy atom. The van der Waals surface area contributed by atoms with Gasteiger partial charge in [-0.25, -0.2) is 0 Å². The van der Waals surface area contributed by atoms with E-state index in [1.165, 1.54) is 19.3 Å². The molecule has 0 rings (SSSR count). The van der Waals surface area contributed by atoms with Crippen LogP contribution in [0.5, 0.6) is 0 Å². The number of aliphatic hydroxyl groups is 2. The number of unbranched alkanes of at least 4 members (excludes halogenated alkanes) is 8. The number of aliphatic hydroxyl groups excluding tert-OH is 2. The van der Waals surface area contributed by atoms with E-state index in [1.807, 2.05) is 21.1 Å². The quantitative estimate of drug-likeness (QED) is 0.207. The minimum atomic E-state index is -0.878. The van der Waals surface area contributed by atoms with Crippen molar-refractivity contribution in [2.75, 3.05) is 34.3 Å². The molecule has 0 aliphatic heterocycles. The molecular weight excluding hydrogens is 330 g/mol. The zero-order valence-corrected chi connectivity index (χ0v) is 17.2. The fourth-order valence-electron chi connectivity index (χ4n) is 3.11. The molecule has 0 amide bonds. The lowest BCUT2D eigenvalue weighted by Crippen LogP contribution is -2.45. The van der Waals surface area contributed by atoms with Crippen LogP contribution in [0.2, 0.25) is 0 Å². The normalized spacial score (nSPS) is 14.7. The van der Waals surface area contributed by atoms with Gasteiger partial charge in [-0.2, -0.15) is 0 Å². The van der Waals surface area contributed by atoms with Gasteiger partial charge in [0, 0.05) is 6.61 Å². The number of carboxylic acid groups (broad SMARTS) is 1. The van der Waals surface area contributed by atoms with Crippen LogP contribution in [0.3, 0.4) is 0 Å². The largest absolute Gasteiger partial charge is 0.481 e. The molecule has 0 aromatic heterocycles. The predicted octanol–water partition coefficient (Wildman–Crippen LogP) is 3.59. The first-order chi connectivity index (χ1) is 12.3. The number of carboxylic acids is 1. The van der Waals surface area contributed by atoms with Crippen LogP contribution >= 0.6 is 0 Å². The Morgan fingerprint density at radius 1 is 0.885 bits per heavy atom. The third kappa shape index (κ3) is 15.4. The van der Waals surface area contributed by atoms with Gasteiger partial charge in [0.25, 0.3) is 0 Å². The maximum atomic E-state index is 11.4. The van der Waals surface area contributed by atoms with Crippen LogP contribution in [0.4, 0.5) is 0 Å². The van der Waals surface area contributed by atoms with Crippen LogP contribution in [0.25, 0.3) is 0 Å². The second kappa shape index (κ2) is 15.2. The molecule has 154 valence electrons. The topological polar surface area (TPSA) is 77.8 Å². The molecule has 0 bridgehead atoms. The highest BCUT2D eigenvalue weighted by Crippen LogP contribution is 2.18. The summed E-state index contributed by atoms with van der Waals surface area (Å²) in [6.07, 6.45) is 15.0. The summed E-state index contributed by atoms with van der Waals surface area (Å²) in [5, 5.41) is 28.2. The minimum absolute atomic E-state index is 0.288. The first kappa shape index (κ1) is 25.1. The Morgan fingerprint density at radius 3 is 1.88 bits per heavy atom. The summed E-state index contributed by atoms with van der Waals surface area (Å²) in [6.45, 7) is 0.750. The lowest BCUT2D eigenvalue weighted by Gasteiger charge is -2.29. The molecule has 0 fully saturated rings. The summed E-state index contributed by atoms with van der Waals surface area (Å²) < 4.78 is 0.570. The molecule has 0 spiro atoms. The highest BCUT2D eigenvalue weighted by atomic mass is 16.4. The molecule has 2 atom stereocenters. The van der Waals surface area contributed by atoms with Gasteiger partial charge < -0.3 is 19.8 Å². The van der Waals surface area contributed by atoms with Gasteiger partial charge in [-0.15, -0.1) is 0 Å². The van der Waals surface area contributed by atoms with Crippen molar-refractivity contribution in [3.05, 3.63) is 12.2 Å². The van der Waals surface area contributed by atoms with Crippen molar-refractivity contribution < 1.29 is 24.6 Å². The fourth-order valence-corrected chi connectivity index (χ4v) is 3.11. The molecule has 0 aromatic carbocycles. The summed E-state index contributed by atoms with van der Waals surface area (Å²) in [7, 11) is 5.89. The second-order valence-corrected chi connectivity index (χ2v) is 8.37. The van der Waals surface area contributed by atoms with Crippen LogP contribution in [0.1, 0.15) is 70.6 Å². The van der Waals surface area contributed by atoms with E-state index in [0.717, 1.165) is 44.9 Å². The summed E-state index contributed by atoms with van der Waals surface area (Å²) in [5.41, 5.74) is 0. The highest BCUT2D eigenvalue weighted by Gasteiger charge is 2.30. The lowest BCUT2D eigenvalue weighted by atomic mass is 9.94. The van der Waals surface area contributed by atoms with E-state index < -0.39 is 18.0 Å². The van der Waals surface area contributed by atoms with E-state index in [-0.39, 0.29) is 6.61 Å². The van der Waals surface area contributed by atoms with Crippen molar-refractivity contribution in [3.8, 4) is 0 Å². The van der Waals surface area contributed by atoms with Gasteiger partial charge in [0.15, 0.2) is 0 Å². The first-order valence-corrected chi connectivity index (χ1v) is 10.2. The van der Waals surface area contributed by atoms with Gasteiger partial charge in [0.2, 0.25) is 0 Å². The van der Waals surface area contributed by atoms with Crippen LogP contribution < -0.4 is 0 Å². The summed E-state index contributed by atoms with van der Waals surface area (Å²) in [6, 6.07) is 0. The Kier molecular flexibility index (Phi) is 14.6. The minimum Gasteiger partial charge on any atom is -0.481 e. The zero-order chi connectivity index (χ0) is 19.8. The molecule has 0 radical (unpaired) electrons. The van der Waals surface area contributed by atoms with E-state index in [9.17, 15) is 15.0 Å². The van der Waals surface area contributed by atoms with E-state index >= 15 is 0 Å². The van der Waals surface area contributed by atoms with Gasteiger partial charge in [0.1, 0.15) is 12.6 Å². The van der Waals surface area contributed by atoms with E-state index in [1.54, 1.807) is 0 Å². The van der Waals surface area contributed by atoms with Gasteiger partial charge in [-0.05, 0) is 38.5 Å². The van der Waals surface area contributed by atoms with Crippen LogP contribution in [-0.2, 0) is 4.79 Å². The first-order valence-electron chi connectivity index (χ1n) is 10.2. The van der Waals surface area contributed by atoms with Crippen molar-refractivity contribution in [1.29, 1.82) is 0 Å². The second-order valence-electron chi connectivity index (χ2n) is 8.37. The number of rotatable bonds is 17. The number of aliphatic carboxylic acids is 1. The van der Waals surface area contributed by atoms with Gasteiger partial charge in [-0.1, -0.05) is 44.3 Å². The number of nitrogens with zero attached hydrogens (tertiary/aromatic N) is 1. The average molecular weight is 373 g/mol. The maximum absolute atomic E-state index is 11.4. The van der Waals surface area contributed by atoms with Crippen LogP contribution in [0, 0.1) is 5.92 Å². The Bertz CT molecular complexity index is 377. The van der Waals surface area contributed by atoms with Crippen molar-refractivity contribution in [2.45, 2.75) is 76.7 Å². The molecule has 26 heavy (non-hydrogen) atoms.